The van der Waals surface area contributed by atoms with E-state index in [0.717, 1.165) is 27.7 Å². The largest absolute Gasteiger partial charge is 0.481 e. The third kappa shape index (κ3) is 1.89. The molecule has 0 atom stereocenters. The second-order valence-electron chi connectivity index (χ2n) is 4.49. The van der Waals surface area contributed by atoms with Crippen LogP contribution in [0.5, 0.6) is 0 Å². The summed E-state index contributed by atoms with van der Waals surface area (Å²) in [5, 5.41) is 17.0. The third-order valence-corrected chi connectivity index (χ3v) is 3.28. The second-order valence-corrected chi connectivity index (χ2v) is 4.49. The minimum atomic E-state index is -0.864. The van der Waals surface area contributed by atoms with Crippen LogP contribution in [-0.4, -0.2) is 26.3 Å². The second kappa shape index (κ2) is 4.28. The fraction of sp³-hybridized carbons (Fsp3) is 0.143. The van der Waals surface area contributed by atoms with E-state index in [2.05, 4.69) is 15.2 Å². The van der Waals surface area contributed by atoms with Crippen LogP contribution in [0.25, 0.3) is 22.2 Å². The number of hydrogen-bond donors (Lipinski definition) is 3. The molecule has 3 rings (SSSR count). The van der Waals surface area contributed by atoms with Crippen molar-refractivity contribution in [1.29, 1.82) is 0 Å². The molecule has 0 unspecified atom stereocenters. The van der Waals surface area contributed by atoms with Crippen LogP contribution in [-0.2, 0) is 11.2 Å². The van der Waals surface area contributed by atoms with E-state index >= 15 is 0 Å². The standard InChI is InChI=1S/C14H13N3O2/c1-8-12(6-13(18)19)16-17-14(8)10-7-15-11-5-3-2-4-9(10)11/h2-5,7,15H,6H2,1H3,(H,16,17)(H,18,19). The fourth-order valence-corrected chi connectivity index (χ4v) is 2.29. The summed E-state index contributed by atoms with van der Waals surface area (Å²) in [5.74, 6) is -0.864. The monoisotopic (exact) mass is 255 g/mol. The van der Waals surface area contributed by atoms with Crippen LogP contribution in [0.1, 0.15) is 11.3 Å². The summed E-state index contributed by atoms with van der Waals surface area (Å²) >= 11 is 0. The predicted octanol–water partition coefficient (Wildman–Crippen LogP) is 2.49. The smallest absolute Gasteiger partial charge is 0.309 e. The van der Waals surface area contributed by atoms with Gasteiger partial charge in [0.05, 0.1) is 12.1 Å². The van der Waals surface area contributed by atoms with Gasteiger partial charge >= 0.3 is 5.97 Å². The number of H-pyrrole nitrogens is 2. The number of nitrogens with one attached hydrogen (secondary N) is 2. The van der Waals surface area contributed by atoms with Crippen molar-refractivity contribution in [3.05, 3.63) is 41.7 Å². The van der Waals surface area contributed by atoms with E-state index in [0.29, 0.717) is 5.69 Å². The highest BCUT2D eigenvalue weighted by atomic mass is 16.4. The maximum atomic E-state index is 10.8. The fourth-order valence-electron chi connectivity index (χ4n) is 2.29. The zero-order chi connectivity index (χ0) is 13.4. The average Bonchev–Trinajstić information content (AvgIpc) is 2.94. The summed E-state index contributed by atoms with van der Waals surface area (Å²) < 4.78 is 0. The van der Waals surface area contributed by atoms with Crippen molar-refractivity contribution in [1.82, 2.24) is 15.2 Å². The highest BCUT2D eigenvalue weighted by Crippen LogP contribution is 2.30. The van der Waals surface area contributed by atoms with Crippen molar-refractivity contribution in [2.75, 3.05) is 0 Å². The van der Waals surface area contributed by atoms with E-state index in [1.54, 1.807) is 0 Å². The van der Waals surface area contributed by atoms with Crippen LogP contribution in [0.15, 0.2) is 30.5 Å². The van der Waals surface area contributed by atoms with E-state index in [9.17, 15) is 4.79 Å². The Balaban J connectivity index is 2.12. The van der Waals surface area contributed by atoms with Gasteiger partial charge in [-0.25, -0.2) is 0 Å². The molecule has 96 valence electrons. The molecule has 3 aromatic rings. The first-order valence-corrected chi connectivity index (χ1v) is 5.99. The number of hydrogen-bond acceptors (Lipinski definition) is 2. The molecule has 0 fully saturated rings. The lowest BCUT2D eigenvalue weighted by molar-refractivity contribution is -0.136. The molecule has 0 aliphatic carbocycles. The number of rotatable bonds is 3. The van der Waals surface area contributed by atoms with Crippen molar-refractivity contribution in [3.8, 4) is 11.3 Å². The van der Waals surface area contributed by atoms with Crippen molar-refractivity contribution in [2.45, 2.75) is 13.3 Å². The molecule has 0 bridgehead atoms. The van der Waals surface area contributed by atoms with Crippen molar-refractivity contribution in [3.63, 3.8) is 0 Å². The zero-order valence-electron chi connectivity index (χ0n) is 10.4. The number of nitrogens with zero attached hydrogens (tertiary/aromatic N) is 1. The number of para-hydroxylation sites is 1. The molecule has 0 saturated heterocycles. The van der Waals surface area contributed by atoms with E-state index in [1.165, 1.54) is 0 Å². The molecular weight excluding hydrogens is 242 g/mol. The lowest BCUT2D eigenvalue weighted by atomic mass is 10.1. The highest BCUT2D eigenvalue weighted by molar-refractivity contribution is 5.95. The number of benzene rings is 1. The minimum absolute atomic E-state index is 0.0405. The lowest BCUT2D eigenvalue weighted by Gasteiger charge is -1.97. The first kappa shape index (κ1) is 11.5. The number of aromatic nitrogens is 3. The number of carbonyl (C=O) groups is 1. The molecule has 0 aliphatic rings. The van der Waals surface area contributed by atoms with Gasteiger partial charge in [-0.1, -0.05) is 18.2 Å². The molecule has 0 spiro atoms. The Morgan fingerprint density at radius 1 is 1.37 bits per heavy atom. The predicted molar refractivity (Wildman–Crippen MR) is 72.0 cm³/mol. The van der Waals surface area contributed by atoms with Crippen LogP contribution in [0, 0.1) is 6.92 Å². The van der Waals surface area contributed by atoms with Crippen LogP contribution in [0.3, 0.4) is 0 Å². The molecule has 0 aliphatic heterocycles. The van der Waals surface area contributed by atoms with E-state index in [1.807, 2.05) is 37.4 Å². The summed E-state index contributed by atoms with van der Waals surface area (Å²) in [4.78, 5) is 14.0. The van der Waals surface area contributed by atoms with Crippen LogP contribution >= 0.6 is 0 Å². The minimum Gasteiger partial charge on any atom is -0.481 e. The van der Waals surface area contributed by atoms with Crippen molar-refractivity contribution in [2.24, 2.45) is 0 Å². The SMILES string of the molecule is Cc1c(-c2c[nH]c3ccccc23)n[nH]c1CC(=O)O. The number of carboxylic acid groups (broad SMARTS) is 1. The molecular formula is C14H13N3O2. The average molecular weight is 255 g/mol. The Hall–Kier alpha value is -2.56. The number of aliphatic carboxylic acids is 1. The van der Waals surface area contributed by atoms with Gasteiger partial charge in [0.1, 0.15) is 0 Å². The topological polar surface area (TPSA) is 81.8 Å². The van der Waals surface area contributed by atoms with Gasteiger partial charge in [-0.3, -0.25) is 9.89 Å². The summed E-state index contributed by atoms with van der Waals surface area (Å²) in [5.41, 5.74) is 4.36. The van der Waals surface area contributed by atoms with Crippen molar-refractivity contribution < 1.29 is 9.90 Å². The van der Waals surface area contributed by atoms with Crippen molar-refractivity contribution >= 4 is 16.9 Å². The molecule has 0 amide bonds. The summed E-state index contributed by atoms with van der Waals surface area (Å²) in [7, 11) is 0. The van der Waals surface area contributed by atoms with Gasteiger partial charge in [-0.15, -0.1) is 0 Å². The molecule has 19 heavy (non-hydrogen) atoms. The summed E-state index contributed by atoms with van der Waals surface area (Å²) in [6, 6.07) is 7.96. The maximum absolute atomic E-state index is 10.8. The number of aromatic amines is 2. The van der Waals surface area contributed by atoms with E-state index in [-0.39, 0.29) is 6.42 Å². The molecule has 0 saturated carbocycles. The summed E-state index contributed by atoms with van der Waals surface area (Å²) in [6.45, 7) is 1.89. The van der Waals surface area contributed by atoms with Gasteiger partial charge in [0.2, 0.25) is 0 Å². The van der Waals surface area contributed by atoms with E-state index in [4.69, 9.17) is 5.11 Å². The molecule has 2 aromatic heterocycles. The van der Waals surface area contributed by atoms with Crippen LogP contribution in [0.2, 0.25) is 0 Å². The molecule has 3 N–H and O–H groups in total. The molecule has 5 heteroatoms. The highest BCUT2D eigenvalue weighted by Gasteiger charge is 2.15. The molecule has 5 nitrogen and oxygen atoms in total. The number of carboxylic acids is 1. The quantitative estimate of drug-likeness (QED) is 0.672. The summed E-state index contributed by atoms with van der Waals surface area (Å²) in [6.07, 6.45) is 1.86. The molecule has 0 radical (unpaired) electrons. The maximum Gasteiger partial charge on any atom is 0.309 e. The first-order chi connectivity index (χ1) is 9.16. The third-order valence-electron chi connectivity index (χ3n) is 3.28. The number of fused-ring (bicyclic) bond motifs is 1. The Kier molecular flexibility index (Phi) is 2.59. The Labute approximate surface area is 109 Å². The zero-order valence-corrected chi connectivity index (χ0v) is 10.4. The Bertz CT molecular complexity index is 755. The first-order valence-electron chi connectivity index (χ1n) is 5.99. The van der Waals surface area contributed by atoms with Crippen LogP contribution in [0.4, 0.5) is 0 Å². The van der Waals surface area contributed by atoms with E-state index < -0.39 is 5.97 Å². The van der Waals surface area contributed by atoms with Gasteiger partial charge in [0, 0.05) is 28.4 Å². The van der Waals surface area contributed by atoms with Crippen LogP contribution < -0.4 is 0 Å². The lowest BCUT2D eigenvalue weighted by Crippen LogP contribution is -2.01. The van der Waals surface area contributed by atoms with Gasteiger partial charge < -0.3 is 10.1 Å². The Morgan fingerprint density at radius 3 is 2.95 bits per heavy atom. The van der Waals surface area contributed by atoms with Gasteiger partial charge in [0.15, 0.2) is 0 Å². The van der Waals surface area contributed by atoms with Gasteiger partial charge in [0.25, 0.3) is 0 Å². The normalized spacial score (nSPS) is 11.0. The molecule has 1 aromatic carbocycles. The Morgan fingerprint density at radius 2 is 2.16 bits per heavy atom. The van der Waals surface area contributed by atoms with Gasteiger partial charge in [-0.05, 0) is 18.6 Å². The van der Waals surface area contributed by atoms with Gasteiger partial charge in [-0.2, -0.15) is 5.10 Å². The molecule has 2 heterocycles.